The maximum atomic E-state index is 14.4. The van der Waals surface area contributed by atoms with Gasteiger partial charge in [0.2, 0.25) is 5.89 Å². The second-order valence-electron chi connectivity index (χ2n) is 12.8. The molecule has 222 valence electrons. The van der Waals surface area contributed by atoms with Crippen molar-refractivity contribution in [2.75, 3.05) is 0 Å². The number of alkyl carbamates (subject to hydrolysis) is 1. The molecule has 1 N–H and O–H groups in total. The average Bonchev–Trinajstić information content (AvgIpc) is 3.53. The van der Waals surface area contributed by atoms with Gasteiger partial charge in [0.25, 0.3) is 0 Å². The summed E-state index contributed by atoms with van der Waals surface area (Å²) in [5.41, 5.74) is 5.58. The van der Waals surface area contributed by atoms with Crippen LogP contribution in [0, 0.1) is 12.7 Å². The number of benzene rings is 2. The predicted molar refractivity (Wildman–Crippen MR) is 162 cm³/mol. The summed E-state index contributed by atoms with van der Waals surface area (Å²) < 4.78 is 28.0. The van der Waals surface area contributed by atoms with Crippen LogP contribution in [0.4, 0.5) is 9.18 Å². The van der Waals surface area contributed by atoms with Crippen LogP contribution in [0.15, 0.2) is 53.2 Å². The van der Waals surface area contributed by atoms with Crippen molar-refractivity contribution >= 4 is 17.2 Å². The van der Waals surface area contributed by atoms with Crippen molar-refractivity contribution < 1.29 is 18.3 Å². The Morgan fingerprint density at radius 2 is 1.81 bits per heavy atom. The summed E-state index contributed by atoms with van der Waals surface area (Å²) in [4.78, 5) is 22.4. The largest absolute Gasteiger partial charge is 0.444 e. The third-order valence-corrected chi connectivity index (χ3v) is 7.52. The van der Waals surface area contributed by atoms with Gasteiger partial charge in [-0.25, -0.2) is 19.2 Å². The quantitative estimate of drug-likeness (QED) is 0.222. The number of fused-ring (bicyclic) bond motifs is 1. The molecular formula is C33H35FN6O3. The number of oxazole rings is 1. The minimum atomic E-state index is -0.726. The van der Waals surface area contributed by atoms with Crippen molar-refractivity contribution in [1.82, 2.24) is 30.0 Å². The molecule has 1 amide bonds. The van der Waals surface area contributed by atoms with Crippen LogP contribution < -0.4 is 5.32 Å². The number of aryl methyl sites for hydroxylation is 2. The van der Waals surface area contributed by atoms with E-state index in [9.17, 15) is 9.18 Å². The summed E-state index contributed by atoms with van der Waals surface area (Å²) in [6, 6.07) is 12.6. The number of ether oxygens (including phenoxy) is 1. The van der Waals surface area contributed by atoms with Crippen LogP contribution in [-0.4, -0.2) is 36.4 Å². The number of rotatable bonds is 6. The average molecular weight is 583 g/mol. The van der Waals surface area contributed by atoms with Gasteiger partial charge < -0.3 is 19.0 Å². The van der Waals surface area contributed by atoms with Crippen molar-refractivity contribution in [3.8, 4) is 34.1 Å². The standard InChI is InChI=1S/C33H35FN6O3/c1-18-12-21(33(5,6)38-31(41)43-32(2,3)4)15-26-28(18)42-30(37-26)27-14-20(13-25(36-27)19-8-9-19)23-11-10-22(34)16-24(23)29-39-35-17-40(29)7/h10-17,19H,8-9H2,1-7H3,(H,38,41). The van der Waals surface area contributed by atoms with E-state index in [0.717, 1.165) is 40.8 Å². The Morgan fingerprint density at radius 1 is 1.05 bits per heavy atom. The van der Waals surface area contributed by atoms with Crippen molar-refractivity contribution in [3.05, 3.63) is 71.4 Å². The molecule has 2 aromatic carbocycles. The Morgan fingerprint density at radius 3 is 2.49 bits per heavy atom. The van der Waals surface area contributed by atoms with E-state index in [1.807, 2.05) is 66.8 Å². The molecule has 5 aromatic rings. The first-order valence-electron chi connectivity index (χ1n) is 14.4. The molecule has 10 heteroatoms. The number of hydrogen-bond donors (Lipinski definition) is 1. The SMILES string of the molecule is Cc1cc(C(C)(C)NC(=O)OC(C)(C)C)cc2nc(-c3cc(-c4ccc(F)cc4-c4nncn4C)cc(C4CC4)n3)oc12. The number of carbonyl (C=O) groups is 1. The van der Waals surface area contributed by atoms with Gasteiger partial charge in [-0.1, -0.05) is 6.07 Å². The molecule has 1 fully saturated rings. The third-order valence-electron chi connectivity index (χ3n) is 7.52. The number of pyridine rings is 1. The number of aromatic nitrogens is 5. The highest BCUT2D eigenvalue weighted by Gasteiger charge is 2.29. The summed E-state index contributed by atoms with van der Waals surface area (Å²) in [7, 11) is 1.83. The maximum Gasteiger partial charge on any atom is 0.408 e. The van der Waals surface area contributed by atoms with Gasteiger partial charge in [-0.05, 0) is 113 Å². The number of nitrogens with one attached hydrogen (secondary N) is 1. The van der Waals surface area contributed by atoms with Crippen molar-refractivity contribution in [2.45, 2.75) is 71.4 Å². The summed E-state index contributed by atoms with van der Waals surface area (Å²) in [5.74, 6) is 0.954. The van der Waals surface area contributed by atoms with Gasteiger partial charge in [-0.15, -0.1) is 10.2 Å². The highest BCUT2D eigenvalue weighted by atomic mass is 19.1. The molecule has 0 saturated heterocycles. The molecule has 0 atom stereocenters. The maximum absolute atomic E-state index is 14.4. The van der Waals surface area contributed by atoms with Crippen molar-refractivity contribution in [3.63, 3.8) is 0 Å². The second kappa shape index (κ2) is 10.3. The van der Waals surface area contributed by atoms with E-state index in [1.54, 1.807) is 17.0 Å². The van der Waals surface area contributed by atoms with Crippen LogP contribution in [-0.2, 0) is 17.3 Å². The van der Waals surface area contributed by atoms with Crippen molar-refractivity contribution in [1.29, 1.82) is 0 Å². The first-order chi connectivity index (χ1) is 20.3. The van der Waals surface area contributed by atoms with E-state index in [0.29, 0.717) is 40.0 Å². The Bertz CT molecular complexity index is 1860. The van der Waals surface area contributed by atoms with E-state index in [1.165, 1.54) is 12.1 Å². The molecule has 0 spiro atoms. The van der Waals surface area contributed by atoms with Gasteiger partial charge in [0.15, 0.2) is 11.4 Å². The van der Waals surface area contributed by atoms with E-state index in [4.69, 9.17) is 19.1 Å². The zero-order valence-corrected chi connectivity index (χ0v) is 25.4. The second-order valence-corrected chi connectivity index (χ2v) is 12.8. The van der Waals surface area contributed by atoms with Gasteiger partial charge >= 0.3 is 6.09 Å². The first kappa shape index (κ1) is 28.5. The monoisotopic (exact) mass is 582 g/mol. The summed E-state index contributed by atoms with van der Waals surface area (Å²) in [6.07, 6.45) is 3.22. The fourth-order valence-corrected chi connectivity index (χ4v) is 5.19. The zero-order valence-electron chi connectivity index (χ0n) is 25.4. The van der Waals surface area contributed by atoms with Crippen LogP contribution in [0.1, 0.15) is 70.2 Å². The van der Waals surface area contributed by atoms with Crippen LogP contribution in [0.25, 0.3) is 45.2 Å². The molecule has 3 aromatic heterocycles. The third kappa shape index (κ3) is 5.86. The molecule has 3 heterocycles. The minimum absolute atomic E-state index is 0.354. The molecule has 6 rings (SSSR count). The van der Waals surface area contributed by atoms with Gasteiger partial charge in [0.1, 0.15) is 29.0 Å². The molecule has 0 unspecified atom stereocenters. The number of halogens is 1. The Hall–Kier alpha value is -4.60. The van der Waals surface area contributed by atoms with E-state index < -0.39 is 17.2 Å². The molecular weight excluding hydrogens is 547 g/mol. The van der Waals surface area contributed by atoms with Gasteiger partial charge in [0, 0.05) is 24.2 Å². The highest BCUT2D eigenvalue weighted by Crippen LogP contribution is 2.43. The lowest BCUT2D eigenvalue weighted by atomic mass is 9.92. The number of amides is 1. The first-order valence-corrected chi connectivity index (χ1v) is 14.4. The molecule has 1 aliphatic carbocycles. The molecule has 9 nitrogen and oxygen atoms in total. The zero-order chi connectivity index (χ0) is 30.7. The van der Waals surface area contributed by atoms with Crippen LogP contribution >= 0.6 is 0 Å². The number of nitrogens with zero attached hydrogens (tertiary/aromatic N) is 5. The Labute approximate surface area is 249 Å². The molecule has 0 bridgehead atoms. The lowest BCUT2D eigenvalue weighted by Gasteiger charge is -2.29. The van der Waals surface area contributed by atoms with E-state index >= 15 is 0 Å². The molecule has 0 aliphatic heterocycles. The molecule has 0 radical (unpaired) electrons. The van der Waals surface area contributed by atoms with Crippen LogP contribution in [0.2, 0.25) is 0 Å². The molecule has 43 heavy (non-hydrogen) atoms. The lowest BCUT2D eigenvalue weighted by molar-refractivity contribution is 0.0470. The van der Waals surface area contributed by atoms with Gasteiger partial charge in [-0.2, -0.15) is 0 Å². The number of hydrogen-bond acceptors (Lipinski definition) is 7. The topological polar surface area (TPSA) is 108 Å². The molecule has 1 saturated carbocycles. The van der Waals surface area contributed by atoms with E-state index in [2.05, 4.69) is 21.6 Å². The Balaban J connectivity index is 1.42. The van der Waals surface area contributed by atoms with E-state index in [-0.39, 0.29) is 5.82 Å². The summed E-state index contributed by atoms with van der Waals surface area (Å²) >= 11 is 0. The fraction of sp³-hybridized carbons (Fsp3) is 0.364. The minimum Gasteiger partial charge on any atom is -0.444 e. The molecule has 1 aliphatic rings. The van der Waals surface area contributed by atoms with Crippen molar-refractivity contribution in [2.24, 2.45) is 7.05 Å². The van der Waals surface area contributed by atoms with Gasteiger partial charge in [0.05, 0.1) is 5.54 Å². The Kier molecular flexibility index (Phi) is 6.82. The fourth-order valence-electron chi connectivity index (χ4n) is 5.19. The summed E-state index contributed by atoms with van der Waals surface area (Å²) in [6.45, 7) is 11.3. The predicted octanol–water partition coefficient (Wildman–Crippen LogP) is 7.44. The van der Waals surface area contributed by atoms with Crippen LogP contribution in [0.5, 0.6) is 0 Å². The highest BCUT2D eigenvalue weighted by molar-refractivity contribution is 5.84. The smallest absolute Gasteiger partial charge is 0.408 e. The normalized spacial score (nSPS) is 13.9. The van der Waals surface area contributed by atoms with Crippen LogP contribution in [0.3, 0.4) is 0 Å². The summed E-state index contributed by atoms with van der Waals surface area (Å²) in [5, 5.41) is 11.2. The number of carbonyl (C=O) groups excluding carboxylic acids is 1. The lowest BCUT2D eigenvalue weighted by Crippen LogP contribution is -2.43. The van der Waals surface area contributed by atoms with Gasteiger partial charge in [-0.3, -0.25) is 0 Å².